The average Bonchev–Trinajstić information content (AvgIpc) is 3.58. The summed E-state index contributed by atoms with van der Waals surface area (Å²) in [6.07, 6.45) is 3.48. The molecule has 0 radical (unpaired) electrons. The smallest absolute Gasteiger partial charge is 0.238 e. The number of rotatable bonds is 4. The van der Waals surface area contributed by atoms with Gasteiger partial charge in [0.05, 0.1) is 17.2 Å². The molecule has 1 aliphatic carbocycles. The molecule has 0 bridgehead atoms. The van der Waals surface area contributed by atoms with Gasteiger partial charge in [0, 0.05) is 6.07 Å². The third kappa shape index (κ3) is 3.91. The lowest BCUT2D eigenvalue weighted by molar-refractivity contribution is -0.184. The van der Waals surface area contributed by atoms with Crippen molar-refractivity contribution in [1.82, 2.24) is 9.97 Å². The van der Waals surface area contributed by atoms with Crippen molar-refractivity contribution in [2.24, 2.45) is 0 Å². The van der Waals surface area contributed by atoms with E-state index in [0.717, 1.165) is 18.4 Å². The third-order valence-electron chi connectivity index (χ3n) is 6.31. The summed E-state index contributed by atoms with van der Waals surface area (Å²) in [5.74, 6) is -0.788. The van der Waals surface area contributed by atoms with Crippen LogP contribution in [0.2, 0.25) is 0 Å². The van der Waals surface area contributed by atoms with E-state index >= 15 is 0 Å². The maximum atomic E-state index is 13.4. The summed E-state index contributed by atoms with van der Waals surface area (Å²) in [5, 5.41) is 0. The fraction of sp³-hybridized carbons (Fsp3) is 0.385. The molecule has 0 spiro atoms. The lowest BCUT2D eigenvalue weighted by Crippen LogP contribution is -2.58. The van der Waals surface area contributed by atoms with Crippen molar-refractivity contribution >= 4 is 22.6 Å². The van der Waals surface area contributed by atoms with E-state index in [-0.39, 0.29) is 23.3 Å². The van der Waals surface area contributed by atoms with Gasteiger partial charge in [-0.25, -0.2) is 14.4 Å². The number of carbonyl (C=O) groups is 2. The topological polar surface area (TPSA) is 78.4 Å². The van der Waals surface area contributed by atoms with Crippen LogP contribution in [0.3, 0.4) is 0 Å². The van der Waals surface area contributed by atoms with Crippen LogP contribution in [0.15, 0.2) is 42.6 Å². The van der Waals surface area contributed by atoms with E-state index in [1.807, 2.05) is 12.1 Å². The molecule has 170 valence electrons. The Labute approximate surface area is 191 Å². The molecule has 0 amide bonds. The molecule has 2 heterocycles. The monoisotopic (exact) mass is 448 g/mol. The number of hydrogen-bond donors (Lipinski definition) is 0. The first kappa shape index (κ1) is 21.6. The van der Waals surface area contributed by atoms with Crippen LogP contribution < -0.4 is 4.74 Å². The van der Waals surface area contributed by atoms with Crippen LogP contribution in [0.5, 0.6) is 11.6 Å². The number of halogens is 1. The zero-order valence-electron chi connectivity index (χ0n) is 19.0. The fourth-order valence-corrected chi connectivity index (χ4v) is 4.60. The minimum absolute atomic E-state index is 0.240. The second-order valence-electron chi connectivity index (χ2n) is 9.79. The number of ketones is 2. The summed E-state index contributed by atoms with van der Waals surface area (Å²) in [6.45, 7) is 6.84. The summed E-state index contributed by atoms with van der Waals surface area (Å²) in [6, 6.07) is 9.67. The van der Waals surface area contributed by atoms with E-state index in [2.05, 4.69) is 9.97 Å². The lowest BCUT2D eigenvalue weighted by Gasteiger charge is -2.43. The number of fused-ring (bicyclic) bond motifs is 1. The molecule has 2 fully saturated rings. The molecule has 7 heteroatoms. The van der Waals surface area contributed by atoms with Gasteiger partial charge in [-0.05, 0) is 81.8 Å². The molecule has 0 N–H and O–H groups in total. The number of hydrogen-bond acceptors (Lipinski definition) is 6. The third-order valence-corrected chi connectivity index (χ3v) is 6.31. The highest BCUT2D eigenvalue weighted by atomic mass is 19.1. The molecule has 1 aliphatic heterocycles. The number of carbonyl (C=O) groups excluding carboxylic acids is 2. The molecule has 2 aliphatic rings. The van der Waals surface area contributed by atoms with Gasteiger partial charge in [0.1, 0.15) is 28.7 Å². The van der Waals surface area contributed by atoms with Crippen LogP contribution in [0.25, 0.3) is 11.0 Å². The van der Waals surface area contributed by atoms with E-state index < -0.39 is 17.1 Å². The molecule has 3 aromatic rings. The molecule has 33 heavy (non-hydrogen) atoms. The van der Waals surface area contributed by atoms with Gasteiger partial charge >= 0.3 is 0 Å². The molecule has 1 saturated carbocycles. The fourth-order valence-electron chi connectivity index (χ4n) is 4.60. The summed E-state index contributed by atoms with van der Waals surface area (Å²) >= 11 is 0. The Morgan fingerprint density at radius 1 is 0.939 bits per heavy atom. The number of nitrogens with zero attached hydrogens (tertiary/aromatic N) is 2. The van der Waals surface area contributed by atoms with Crippen molar-refractivity contribution in [1.29, 1.82) is 0 Å². The van der Waals surface area contributed by atoms with Crippen molar-refractivity contribution in [3.05, 3.63) is 59.5 Å². The molecule has 6 nitrogen and oxygen atoms in total. The van der Waals surface area contributed by atoms with E-state index in [9.17, 15) is 14.0 Å². The van der Waals surface area contributed by atoms with Gasteiger partial charge in [-0.15, -0.1) is 0 Å². The van der Waals surface area contributed by atoms with Gasteiger partial charge in [0.25, 0.3) is 0 Å². The van der Waals surface area contributed by atoms with Gasteiger partial charge in [-0.3, -0.25) is 9.59 Å². The van der Waals surface area contributed by atoms with Crippen molar-refractivity contribution in [2.45, 2.75) is 63.6 Å². The molecule has 2 aromatic carbocycles. The van der Waals surface area contributed by atoms with Gasteiger partial charge in [0.2, 0.25) is 5.88 Å². The van der Waals surface area contributed by atoms with Gasteiger partial charge in [-0.2, -0.15) is 0 Å². The minimum atomic E-state index is -1.08. The molecule has 1 aromatic heterocycles. The van der Waals surface area contributed by atoms with Crippen LogP contribution in [0, 0.1) is 5.82 Å². The first-order valence-corrected chi connectivity index (χ1v) is 11.1. The van der Waals surface area contributed by atoms with E-state index in [4.69, 9.17) is 9.47 Å². The maximum Gasteiger partial charge on any atom is 0.238 e. The maximum absolute atomic E-state index is 13.4. The van der Waals surface area contributed by atoms with Crippen LogP contribution in [-0.4, -0.2) is 32.7 Å². The van der Waals surface area contributed by atoms with E-state index in [0.29, 0.717) is 28.3 Å². The van der Waals surface area contributed by atoms with Crippen LogP contribution in [-0.2, 0) is 14.3 Å². The molecule has 0 unspecified atom stereocenters. The second-order valence-corrected chi connectivity index (χ2v) is 9.79. The first-order chi connectivity index (χ1) is 15.5. The minimum Gasteiger partial charge on any atom is -0.437 e. The largest absolute Gasteiger partial charge is 0.437 e. The standard InChI is InChI=1S/C26H25FN2O4/c1-25(2)23(30)22(24(31)26(3,4)33-25)18-12-16(8-9-17(18)14-5-6-14)32-21-13-28-20-11-15(27)7-10-19(20)29-21/h7-14,22H,5-6H2,1-4H3. The molecular formula is C26H25FN2O4. The lowest BCUT2D eigenvalue weighted by atomic mass is 9.73. The van der Waals surface area contributed by atoms with E-state index in [1.165, 1.54) is 24.4 Å². The van der Waals surface area contributed by atoms with Crippen molar-refractivity contribution in [3.63, 3.8) is 0 Å². The Bertz CT molecular complexity index is 1270. The predicted octanol–water partition coefficient (Wildman–Crippen LogP) is 5.25. The molecule has 1 saturated heterocycles. The normalized spacial score (nSPS) is 20.3. The number of aromatic nitrogens is 2. The van der Waals surface area contributed by atoms with Crippen molar-refractivity contribution in [3.8, 4) is 11.6 Å². The highest BCUT2D eigenvalue weighted by Gasteiger charge is 2.53. The van der Waals surface area contributed by atoms with Crippen LogP contribution in [0.1, 0.15) is 63.5 Å². The van der Waals surface area contributed by atoms with Crippen LogP contribution >= 0.6 is 0 Å². The molecule has 5 rings (SSSR count). The zero-order valence-corrected chi connectivity index (χ0v) is 19.0. The number of Topliss-reactive ketones (excluding diaryl/α,β-unsaturated/α-hetero) is 2. The SMILES string of the molecule is CC1(C)OC(C)(C)C(=O)C(c2cc(Oc3cnc4cc(F)ccc4n3)ccc2C2CC2)C1=O. The Morgan fingerprint density at radius 2 is 1.64 bits per heavy atom. The Kier molecular flexibility index (Phi) is 4.86. The highest BCUT2D eigenvalue weighted by Crippen LogP contribution is 2.47. The number of ether oxygens (including phenoxy) is 2. The Morgan fingerprint density at radius 3 is 2.30 bits per heavy atom. The quantitative estimate of drug-likeness (QED) is 0.508. The van der Waals surface area contributed by atoms with Gasteiger partial charge in [0.15, 0.2) is 11.6 Å². The summed E-state index contributed by atoms with van der Waals surface area (Å²) in [4.78, 5) is 35.3. The highest BCUT2D eigenvalue weighted by molar-refractivity contribution is 6.15. The first-order valence-electron chi connectivity index (χ1n) is 11.1. The predicted molar refractivity (Wildman–Crippen MR) is 120 cm³/mol. The zero-order chi connectivity index (χ0) is 23.5. The molecule has 0 atom stereocenters. The number of benzene rings is 2. The summed E-state index contributed by atoms with van der Waals surface area (Å²) < 4.78 is 25.2. The van der Waals surface area contributed by atoms with Crippen LogP contribution in [0.4, 0.5) is 4.39 Å². The Balaban J connectivity index is 1.55. The average molecular weight is 448 g/mol. The van der Waals surface area contributed by atoms with Gasteiger partial charge in [-0.1, -0.05) is 6.07 Å². The Hall–Kier alpha value is -3.19. The molecular weight excluding hydrogens is 423 g/mol. The van der Waals surface area contributed by atoms with E-state index in [1.54, 1.807) is 33.8 Å². The van der Waals surface area contributed by atoms with Crippen molar-refractivity contribution in [2.75, 3.05) is 0 Å². The van der Waals surface area contributed by atoms with Crippen molar-refractivity contribution < 1.29 is 23.5 Å². The summed E-state index contributed by atoms with van der Waals surface area (Å²) in [7, 11) is 0. The second kappa shape index (κ2) is 7.42. The summed E-state index contributed by atoms with van der Waals surface area (Å²) in [5.41, 5.74) is 0.433. The van der Waals surface area contributed by atoms with Gasteiger partial charge < -0.3 is 9.47 Å².